The molecule has 0 amide bonds. The smallest absolute Gasteiger partial charge is 0.115 e. The molecule has 2 aromatic carbocycles. The van der Waals surface area contributed by atoms with Gasteiger partial charge in [0.15, 0.2) is 0 Å². The lowest BCUT2D eigenvalue weighted by molar-refractivity contribution is -0.0373. The molecule has 2 aliphatic carbocycles. The van der Waals surface area contributed by atoms with Crippen LogP contribution in [-0.2, 0) is 11.8 Å². The molecule has 0 unspecified atom stereocenters. The van der Waals surface area contributed by atoms with Crippen LogP contribution >= 0.6 is 0 Å². The van der Waals surface area contributed by atoms with Crippen molar-refractivity contribution in [2.24, 2.45) is 11.8 Å². The number of phenolic OH excluding ortho intramolecular Hbond substituents is 1. The first-order chi connectivity index (χ1) is 13.7. The van der Waals surface area contributed by atoms with E-state index >= 15 is 0 Å². The summed E-state index contributed by atoms with van der Waals surface area (Å²) in [4.78, 5) is 2.83. The zero-order valence-electron chi connectivity index (χ0n) is 16.9. The lowest BCUT2D eigenvalue weighted by atomic mass is 9.54. The third-order valence-corrected chi connectivity index (χ3v) is 8.05. The van der Waals surface area contributed by atoms with Crippen LogP contribution in [0, 0.1) is 11.8 Å². The first kappa shape index (κ1) is 18.2. The molecule has 2 heteroatoms. The molecular weight excluding hydrogens is 342 g/mol. The van der Waals surface area contributed by atoms with Crippen LogP contribution in [0.2, 0.25) is 0 Å². The molecular formula is C26H33NO. The maximum Gasteiger partial charge on any atom is 0.115 e. The van der Waals surface area contributed by atoms with Gasteiger partial charge in [-0.1, -0.05) is 61.7 Å². The average molecular weight is 376 g/mol. The lowest BCUT2D eigenvalue weighted by Crippen LogP contribution is -2.58. The highest BCUT2D eigenvalue weighted by Gasteiger charge is 2.51. The van der Waals surface area contributed by atoms with Gasteiger partial charge in [-0.3, -0.25) is 4.90 Å². The van der Waals surface area contributed by atoms with Crippen LogP contribution in [0.15, 0.2) is 54.6 Å². The first-order valence-electron chi connectivity index (χ1n) is 11.3. The number of nitrogens with zero attached hydrogens (tertiary/aromatic N) is 1. The molecule has 2 nitrogen and oxygen atoms in total. The molecule has 0 spiro atoms. The maximum absolute atomic E-state index is 10.1. The molecule has 1 heterocycles. The number of aromatic hydroxyl groups is 1. The second kappa shape index (κ2) is 7.55. The molecule has 1 saturated heterocycles. The molecule has 3 aliphatic rings. The highest BCUT2D eigenvalue weighted by Crippen LogP contribution is 2.55. The fraction of sp³-hybridized carbons (Fsp3) is 0.538. The van der Waals surface area contributed by atoms with Gasteiger partial charge in [0.05, 0.1) is 0 Å². The molecule has 2 aromatic rings. The van der Waals surface area contributed by atoms with Crippen molar-refractivity contribution in [1.82, 2.24) is 4.90 Å². The summed E-state index contributed by atoms with van der Waals surface area (Å²) in [5.41, 5.74) is 3.14. The first-order valence-corrected chi connectivity index (χ1v) is 11.3. The predicted octanol–water partition coefficient (Wildman–Crippen LogP) is 5.55. The van der Waals surface area contributed by atoms with Crippen molar-refractivity contribution in [3.8, 4) is 5.75 Å². The Bertz CT molecular complexity index is 803. The van der Waals surface area contributed by atoms with Gasteiger partial charge < -0.3 is 5.11 Å². The Morgan fingerprint density at radius 2 is 1.82 bits per heavy atom. The Kier molecular flexibility index (Phi) is 4.92. The number of benzene rings is 2. The molecule has 2 bridgehead atoms. The SMILES string of the molecule is Oc1cccc([C@]23CCN(CCc4ccccc4)[C@@H](C2)[C@H]2CCCC[C@@H]2C3)c1. The standard InChI is InChI=1S/C26H33NO/c28-23-11-6-10-22(17-23)26-14-16-27(15-13-20-7-2-1-3-8-20)25(19-26)24-12-5-4-9-21(24)18-26/h1-3,6-8,10-11,17,21,24-25,28H,4-5,9,12-16,18-19H2/t21-,24+,25+,26+/m1/s1. The number of likely N-dealkylation sites (tertiary alicyclic amines) is 1. The molecule has 5 rings (SSSR count). The van der Waals surface area contributed by atoms with E-state index in [1.54, 1.807) is 0 Å². The highest BCUT2D eigenvalue weighted by molar-refractivity contribution is 5.35. The summed E-state index contributed by atoms with van der Waals surface area (Å²) in [5, 5.41) is 10.1. The normalized spacial score (nSPS) is 32.6. The van der Waals surface area contributed by atoms with E-state index in [0.29, 0.717) is 5.75 Å². The molecule has 148 valence electrons. The Morgan fingerprint density at radius 3 is 2.68 bits per heavy atom. The lowest BCUT2D eigenvalue weighted by Gasteiger charge is -2.58. The van der Waals surface area contributed by atoms with Gasteiger partial charge in [0.25, 0.3) is 0 Å². The van der Waals surface area contributed by atoms with Gasteiger partial charge in [0, 0.05) is 12.6 Å². The molecule has 3 fully saturated rings. The van der Waals surface area contributed by atoms with Crippen LogP contribution in [0.5, 0.6) is 5.75 Å². The third kappa shape index (κ3) is 3.37. The topological polar surface area (TPSA) is 23.5 Å². The fourth-order valence-electron chi connectivity index (χ4n) is 6.67. The Hall–Kier alpha value is -1.80. The van der Waals surface area contributed by atoms with E-state index in [2.05, 4.69) is 47.4 Å². The van der Waals surface area contributed by atoms with Crippen molar-refractivity contribution in [3.05, 3.63) is 65.7 Å². The van der Waals surface area contributed by atoms with E-state index in [1.807, 2.05) is 12.1 Å². The zero-order chi connectivity index (χ0) is 19.0. The van der Waals surface area contributed by atoms with E-state index in [1.165, 1.54) is 69.2 Å². The van der Waals surface area contributed by atoms with Gasteiger partial charge in [-0.15, -0.1) is 0 Å². The Balaban J connectivity index is 1.40. The van der Waals surface area contributed by atoms with Crippen LogP contribution in [0.1, 0.15) is 56.1 Å². The van der Waals surface area contributed by atoms with E-state index < -0.39 is 0 Å². The number of fused-ring (bicyclic) bond motifs is 4. The summed E-state index contributed by atoms with van der Waals surface area (Å²) in [5.74, 6) is 2.19. The van der Waals surface area contributed by atoms with Crippen LogP contribution in [-0.4, -0.2) is 29.1 Å². The quantitative estimate of drug-likeness (QED) is 0.757. The second-order valence-electron chi connectivity index (χ2n) is 9.54. The van der Waals surface area contributed by atoms with Crippen LogP contribution in [0.25, 0.3) is 0 Å². The summed E-state index contributed by atoms with van der Waals surface area (Å²) >= 11 is 0. The van der Waals surface area contributed by atoms with Gasteiger partial charge in [-0.2, -0.15) is 0 Å². The molecule has 0 aromatic heterocycles. The average Bonchev–Trinajstić information content (AvgIpc) is 2.74. The summed E-state index contributed by atoms with van der Waals surface area (Å²) in [6.45, 7) is 2.39. The Labute approximate surface area is 169 Å². The summed E-state index contributed by atoms with van der Waals surface area (Å²) < 4.78 is 0. The van der Waals surface area contributed by atoms with Crippen molar-refractivity contribution in [2.45, 2.75) is 62.8 Å². The molecule has 2 saturated carbocycles. The number of rotatable bonds is 4. The predicted molar refractivity (Wildman–Crippen MR) is 115 cm³/mol. The molecule has 1 aliphatic heterocycles. The summed E-state index contributed by atoms with van der Waals surface area (Å²) in [6.07, 6.45) is 10.7. The van der Waals surface area contributed by atoms with E-state index in [9.17, 15) is 5.11 Å². The molecule has 0 radical (unpaired) electrons. The van der Waals surface area contributed by atoms with Gasteiger partial charge in [-0.25, -0.2) is 0 Å². The van der Waals surface area contributed by atoms with Gasteiger partial charge in [0.2, 0.25) is 0 Å². The van der Waals surface area contributed by atoms with Crippen molar-refractivity contribution >= 4 is 0 Å². The second-order valence-corrected chi connectivity index (χ2v) is 9.54. The summed E-state index contributed by atoms with van der Waals surface area (Å²) in [6, 6.07) is 19.9. The van der Waals surface area contributed by atoms with Gasteiger partial charge in [0.1, 0.15) is 5.75 Å². The van der Waals surface area contributed by atoms with Gasteiger partial charge >= 0.3 is 0 Å². The highest BCUT2D eigenvalue weighted by atomic mass is 16.3. The van der Waals surface area contributed by atoms with Crippen molar-refractivity contribution in [3.63, 3.8) is 0 Å². The van der Waals surface area contributed by atoms with Crippen LogP contribution < -0.4 is 0 Å². The van der Waals surface area contributed by atoms with Crippen molar-refractivity contribution in [1.29, 1.82) is 0 Å². The minimum atomic E-state index is 0.283. The zero-order valence-corrected chi connectivity index (χ0v) is 16.9. The van der Waals surface area contributed by atoms with E-state index in [0.717, 1.165) is 24.3 Å². The maximum atomic E-state index is 10.1. The fourth-order valence-corrected chi connectivity index (χ4v) is 6.67. The Morgan fingerprint density at radius 1 is 0.964 bits per heavy atom. The largest absolute Gasteiger partial charge is 0.508 e. The number of piperidine rings is 1. The number of hydrogen-bond donors (Lipinski definition) is 1. The molecule has 1 N–H and O–H groups in total. The number of phenols is 1. The summed E-state index contributed by atoms with van der Waals surface area (Å²) in [7, 11) is 0. The van der Waals surface area contributed by atoms with Crippen molar-refractivity contribution in [2.75, 3.05) is 13.1 Å². The third-order valence-electron chi connectivity index (χ3n) is 8.05. The van der Waals surface area contributed by atoms with Gasteiger partial charge in [-0.05, 0) is 79.2 Å². The van der Waals surface area contributed by atoms with Crippen LogP contribution in [0.3, 0.4) is 0 Å². The molecule has 4 atom stereocenters. The van der Waals surface area contributed by atoms with E-state index in [4.69, 9.17) is 0 Å². The number of hydrogen-bond acceptors (Lipinski definition) is 2. The van der Waals surface area contributed by atoms with Crippen LogP contribution in [0.4, 0.5) is 0 Å². The minimum Gasteiger partial charge on any atom is -0.508 e. The molecule has 28 heavy (non-hydrogen) atoms. The minimum absolute atomic E-state index is 0.283. The monoisotopic (exact) mass is 375 g/mol. The van der Waals surface area contributed by atoms with E-state index in [-0.39, 0.29) is 5.41 Å². The van der Waals surface area contributed by atoms with Crippen molar-refractivity contribution < 1.29 is 5.11 Å².